The summed E-state index contributed by atoms with van der Waals surface area (Å²) in [5, 5.41) is 26.8. The molecule has 0 aliphatic carbocycles. The minimum absolute atomic E-state index is 0.236. The van der Waals surface area contributed by atoms with Crippen molar-refractivity contribution in [2.75, 3.05) is 32.6 Å². The SMILES string of the molecule is CN(C)CCOc1cc(-c2cn[nH]c2)ccc1NC(=O)[C@@H]1Cc2ccccc2C(=O)N1.O=C(O)C(F)(F)F.O=C(O)C(F)(F)F. The number of carbonyl (C=O) groups is 4. The fourth-order valence-electron chi connectivity index (χ4n) is 3.48. The number of rotatable bonds is 7. The molecule has 1 aliphatic heterocycles. The van der Waals surface area contributed by atoms with E-state index in [0.717, 1.165) is 23.2 Å². The first-order valence-electron chi connectivity index (χ1n) is 12.6. The van der Waals surface area contributed by atoms with Crippen LogP contribution in [-0.4, -0.2) is 94.7 Å². The van der Waals surface area contributed by atoms with Crippen LogP contribution >= 0.6 is 0 Å². The number of carboxylic acids is 2. The molecule has 2 aromatic carbocycles. The van der Waals surface area contributed by atoms with E-state index in [1.807, 2.05) is 55.4 Å². The number of hydrogen-bond acceptors (Lipinski definition) is 7. The fraction of sp³-hybridized carbons (Fsp3) is 0.296. The second kappa shape index (κ2) is 15.6. The average molecular weight is 648 g/mol. The van der Waals surface area contributed by atoms with Gasteiger partial charge in [-0.1, -0.05) is 24.3 Å². The van der Waals surface area contributed by atoms with E-state index in [0.29, 0.717) is 30.0 Å². The normalized spacial score (nSPS) is 14.1. The molecule has 3 aromatic rings. The lowest BCUT2D eigenvalue weighted by molar-refractivity contribution is -0.193. The smallest absolute Gasteiger partial charge is 0.490 e. The number of likely N-dealkylation sites (N-methyl/N-ethyl adjacent to an activating group) is 1. The van der Waals surface area contributed by atoms with Crippen molar-refractivity contribution in [1.29, 1.82) is 0 Å². The summed E-state index contributed by atoms with van der Waals surface area (Å²) in [4.78, 5) is 45.2. The van der Waals surface area contributed by atoms with Gasteiger partial charge in [-0.25, -0.2) is 9.59 Å². The Kier molecular flexibility index (Phi) is 12.5. The number of aliphatic carboxylic acids is 2. The standard InChI is InChI=1S/C23H25N5O3.2C2HF3O2/c1-28(2)9-10-31-21-12-15(17-13-24-25-14-17)7-8-19(21)26-23(30)20-11-16-5-3-4-6-18(16)22(29)27-20;2*3-2(4,5)1(6)7/h3-8,12-14,20H,9-11H2,1-2H3,(H,24,25)(H,26,30)(H,27,29);2*(H,6,7)/t20-;;/m0../s1. The monoisotopic (exact) mass is 647 g/mol. The molecule has 0 bridgehead atoms. The van der Waals surface area contributed by atoms with E-state index in [1.165, 1.54) is 0 Å². The molecule has 0 saturated heterocycles. The summed E-state index contributed by atoms with van der Waals surface area (Å²) in [6.45, 7) is 1.21. The highest BCUT2D eigenvalue weighted by molar-refractivity contribution is 6.04. The summed E-state index contributed by atoms with van der Waals surface area (Å²) in [5.41, 5.74) is 3.88. The van der Waals surface area contributed by atoms with Crippen molar-refractivity contribution in [3.05, 3.63) is 66.0 Å². The second-order valence-corrected chi connectivity index (χ2v) is 9.33. The van der Waals surface area contributed by atoms with Crippen molar-refractivity contribution < 1.29 is 60.5 Å². The molecule has 5 N–H and O–H groups in total. The molecule has 18 heteroatoms. The van der Waals surface area contributed by atoms with Gasteiger partial charge in [0.1, 0.15) is 18.4 Å². The summed E-state index contributed by atoms with van der Waals surface area (Å²) in [6.07, 6.45) is -6.20. The van der Waals surface area contributed by atoms with E-state index >= 15 is 0 Å². The van der Waals surface area contributed by atoms with Crippen molar-refractivity contribution >= 4 is 29.4 Å². The molecule has 2 heterocycles. The number of amides is 2. The van der Waals surface area contributed by atoms with E-state index in [1.54, 1.807) is 18.5 Å². The van der Waals surface area contributed by atoms with Crippen LogP contribution in [0.2, 0.25) is 0 Å². The molecule has 244 valence electrons. The molecule has 1 atom stereocenters. The lowest BCUT2D eigenvalue weighted by Crippen LogP contribution is -2.48. The van der Waals surface area contributed by atoms with Crippen LogP contribution < -0.4 is 15.4 Å². The van der Waals surface area contributed by atoms with E-state index in [-0.39, 0.29) is 11.8 Å². The third kappa shape index (κ3) is 11.5. The molecule has 1 aliphatic rings. The Labute approximate surface area is 251 Å². The van der Waals surface area contributed by atoms with Gasteiger partial charge in [-0.2, -0.15) is 31.4 Å². The molecule has 0 unspecified atom stereocenters. The fourth-order valence-corrected chi connectivity index (χ4v) is 3.48. The van der Waals surface area contributed by atoms with Gasteiger partial charge in [0.15, 0.2) is 0 Å². The number of nitrogens with zero attached hydrogens (tertiary/aromatic N) is 2. The summed E-state index contributed by atoms with van der Waals surface area (Å²) in [5.74, 6) is -5.47. The van der Waals surface area contributed by atoms with Gasteiger partial charge in [-0.3, -0.25) is 14.7 Å². The maximum atomic E-state index is 13.0. The molecule has 0 radical (unpaired) electrons. The minimum Gasteiger partial charge on any atom is -0.490 e. The van der Waals surface area contributed by atoms with E-state index in [2.05, 4.69) is 20.8 Å². The number of aromatic nitrogens is 2. The van der Waals surface area contributed by atoms with Crippen molar-refractivity contribution in [1.82, 2.24) is 20.4 Å². The number of nitrogens with one attached hydrogen (secondary N) is 3. The van der Waals surface area contributed by atoms with Gasteiger partial charge in [0.25, 0.3) is 5.91 Å². The van der Waals surface area contributed by atoms with Crippen LogP contribution in [-0.2, 0) is 20.8 Å². The van der Waals surface area contributed by atoms with Crippen LogP contribution in [0.3, 0.4) is 0 Å². The average Bonchev–Trinajstić information content (AvgIpc) is 3.48. The number of carboxylic acid groups (broad SMARTS) is 2. The van der Waals surface area contributed by atoms with Gasteiger partial charge < -0.3 is 30.5 Å². The highest BCUT2D eigenvalue weighted by Gasteiger charge is 2.39. The number of hydrogen-bond donors (Lipinski definition) is 5. The third-order valence-corrected chi connectivity index (χ3v) is 5.66. The van der Waals surface area contributed by atoms with Crippen LogP contribution in [0.15, 0.2) is 54.9 Å². The van der Waals surface area contributed by atoms with Crippen molar-refractivity contribution in [3.8, 4) is 16.9 Å². The third-order valence-electron chi connectivity index (χ3n) is 5.66. The quantitative estimate of drug-likeness (QED) is 0.240. The molecule has 2 amide bonds. The Morgan fingerprint density at radius 1 is 1.00 bits per heavy atom. The van der Waals surface area contributed by atoms with Crippen molar-refractivity contribution in [2.24, 2.45) is 0 Å². The highest BCUT2D eigenvalue weighted by atomic mass is 19.4. The molecule has 45 heavy (non-hydrogen) atoms. The minimum atomic E-state index is -5.08. The van der Waals surface area contributed by atoms with Crippen LogP contribution in [0.5, 0.6) is 5.75 Å². The summed E-state index contributed by atoms with van der Waals surface area (Å²) >= 11 is 0. The van der Waals surface area contributed by atoms with E-state index < -0.39 is 30.3 Å². The maximum Gasteiger partial charge on any atom is 0.490 e. The predicted octanol–water partition coefficient (Wildman–Crippen LogP) is 3.58. The number of halogens is 6. The van der Waals surface area contributed by atoms with Gasteiger partial charge in [0, 0.05) is 30.3 Å². The van der Waals surface area contributed by atoms with Crippen LogP contribution in [0.1, 0.15) is 15.9 Å². The zero-order valence-corrected chi connectivity index (χ0v) is 23.5. The molecular formula is C27H27F6N5O7. The van der Waals surface area contributed by atoms with Gasteiger partial charge in [-0.05, 0) is 43.4 Å². The number of aromatic amines is 1. The number of carbonyl (C=O) groups excluding carboxylic acids is 2. The van der Waals surface area contributed by atoms with Crippen molar-refractivity contribution in [3.63, 3.8) is 0 Å². The van der Waals surface area contributed by atoms with Crippen LogP contribution in [0, 0.1) is 0 Å². The topological polar surface area (TPSA) is 174 Å². The second-order valence-electron chi connectivity index (χ2n) is 9.33. The number of benzene rings is 2. The lowest BCUT2D eigenvalue weighted by atomic mass is 9.95. The maximum absolute atomic E-state index is 13.0. The Morgan fingerprint density at radius 2 is 1.60 bits per heavy atom. The zero-order chi connectivity index (χ0) is 33.9. The van der Waals surface area contributed by atoms with Gasteiger partial charge >= 0.3 is 24.3 Å². The number of H-pyrrole nitrogens is 1. The first kappa shape index (κ1) is 36.1. The van der Waals surface area contributed by atoms with E-state index in [4.69, 9.17) is 24.5 Å². The Hall–Kier alpha value is -5.13. The molecule has 12 nitrogen and oxygen atoms in total. The van der Waals surface area contributed by atoms with Crippen molar-refractivity contribution in [2.45, 2.75) is 24.8 Å². The molecular weight excluding hydrogens is 620 g/mol. The molecule has 0 spiro atoms. The number of alkyl halides is 6. The zero-order valence-electron chi connectivity index (χ0n) is 23.5. The largest absolute Gasteiger partial charge is 0.490 e. The number of anilines is 1. The van der Waals surface area contributed by atoms with Gasteiger partial charge in [0.2, 0.25) is 5.91 Å². The summed E-state index contributed by atoms with van der Waals surface area (Å²) in [7, 11) is 3.94. The van der Waals surface area contributed by atoms with Crippen LogP contribution in [0.25, 0.3) is 11.1 Å². The summed E-state index contributed by atoms with van der Waals surface area (Å²) < 4.78 is 69.5. The number of fused-ring (bicyclic) bond motifs is 1. The van der Waals surface area contributed by atoms with E-state index in [9.17, 15) is 35.9 Å². The molecule has 0 fully saturated rings. The first-order valence-corrected chi connectivity index (χ1v) is 12.6. The lowest BCUT2D eigenvalue weighted by Gasteiger charge is -2.25. The Morgan fingerprint density at radius 3 is 2.13 bits per heavy atom. The molecule has 1 aromatic heterocycles. The predicted molar refractivity (Wildman–Crippen MR) is 145 cm³/mol. The number of ether oxygens (including phenoxy) is 1. The molecule has 0 saturated carbocycles. The van der Waals surface area contributed by atoms with Gasteiger partial charge in [0.05, 0.1) is 11.9 Å². The first-order chi connectivity index (χ1) is 20.9. The summed E-state index contributed by atoms with van der Waals surface area (Å²) in [6, 6.07) is 12.3. The Balaban J connectivity index is 0.000000421. The van der Waals surface area contributed by atoms with Gasteiger partial charge in [-0.15, -0.1) is 0 Å². The van der Waals surface area contributed by atoms with Crippen LogP contribution in [0.4, 0.5) is 32.0 Å². The molecule has 4 rings (SSSR count). The Bertz CT molecular complexity index is 1450. The highest BCUT2D eigenvalue weighted by Crippen LogP contribution is 2.31.